The molecule has 1 aliphatic carbocycles. The van der Waals surface area contributed by atoms with Gasteiger partial charge in [0.15, 0.2) is 0 Å². The second-order valence-electron chi connectivity index (χ2n) is 6.85. The number of benzene rings is 3. The van der Waals surface area contributed by atoms with E-state index < -0.39 is 0 Å². The average molecular weight is 382 g/mol. The van der Waals surface area contributed by atoms with Gasteiger partial charge in [-0.1, -0.05) is 71.7 Å². The van der Waals surface area contributed by atoms with Crippen molar-refractivity contribution < 1.29 is 0 Å². The van der Waals surface area contributed by atoms with Crippen LogP contribution in [-0.2, 0) is 13.0 Å². The zero-order valence-electron chi connectivity index (χ0n) is 14.5. The Labute approximate surface area is 165 Å². The van der Waals surface area contributed by atoms with Crippen molar-refractivity contribution in [3.05, 3.63) is 93.5 Å². The van der Waals surface area contributed by atoms with Gasteiger partial charge in [-0.25, -0.2) is 0 Å². The van der Waals surface area contributed by atoms with Gasteiger partial charge >= 0.3 is 0 Å². The van der Waals surface area contributed by atoms with Gasteiger partial charge in [-0.2, -0.15) is 0 Å². The van der Waals surface area contributed by atoms with Crippen LogP contribution in [0.5, 0.6) is 0 Å². The molecule has 0 aliphatic heterocycles. The number of nitrogens with one attached hydrogen (secondary N) is 1. The Morgan fingerprint density at radius 3 is 2.58 bits per heavy atom. The van der Waals surface area contributed by atoms with E-state index in [1.165, 1.54) is 36.0 Å². The molecule has 0 radical (unpaired) electrons. The zero-order chi connectivity index (χ0) is 17.9. The van der Waals surface area contributed by atoms with Crippen LogP contribution in [0.15, 0.2) is 66.7 Å². The molecule has 0 saturated heterocycles. The molecule has 132 valence electrons. The van der Waals surface area contributed by atoms with E-state index in [1.807, 2.05) is 18.2 Å². The van der Waals surface area contributed by atoms with Crippen LogP contribution in [-0.4, -0.2) is 0 Å². The molecule has 3 heteroatoms. The van der Waals surface area contributed by atoms with Crippen molar-refractivity contribution in [1.82, 2.24) is 5.32 Å². The maximum Gasteiger partial charge on any atom is 0.0598 e. The largest absolute Gasteiger partial charge is 0.306 e. The van der Waals surface area contributed by atoms with Crippen LogP contribution in [0.3, 0.4) is 0 Å². The summed E-state index contributed by atoms with van der Waals surface area (Å²) < 4.78 is 0. The maximum atomic E-state index is 6.17. The molecule has 1 atom stereocenters. The topological polar surface area (TPSA) is 12.0 Å². The highest BCUT2D eigenvalue weighted by molar-refractivity contribution is 6.42. The van der Waals surface area contributed by atoms with Gasteiger partial charge in [-0.05, 0) is 65.3 Å². The van der Waals surface area contributed by atoms with Gasteiger partial charge in [-0.15, -0.1) is 0 Å². The van der Waals surface area contributed by atoms with Gasteiger partial charge in [0, 0.05) is 12.6 Å². The van der Waals surface area contributed by atoms with Crippen LogP contribution < -0.4 is 5.32 Å². The van der Waals surface area contributed by atoms with Crippen molar-refractivity contribution in [3.8, 4) is 11.1 Å². The van der Waals surface area contributed by atoms with E-state index in [0.717, 1.165) is 17.7 Å². The Balaban J connectivity index is 1.51. The highest BCUT2D eigenvalue weighted by Gasteiger charge is 2.18. The van der Waals surface area contributed by atoms with Crippen molar-refractivity contribution >= 4 is 23.2 Å². The third-order valence-electron chi connectivity index (χ3n) is 5.10. The summed E-state index contributed by atoms with van der Waals surface area (Å²) in [6.07, 6.45) is 3.64. The van der Waals surface area contributed by atoms with Crippen molar-refractivity contribution in [2.24, 2.45) is 0 Å². The zero-order valence-corrected chi connectivity index (χ0v) is 16.0. The molecule has 1 aliphatic rings. The molecule has 0 fully saturated rings. The van der Waals surface area contributed by atoms with Crippen LogP contribution in [0, 0.1) is 0 Å². The molecule has 0 bridgehead atoms. The average Bonchev–Trinajstić information content (AvgIpc) is 2.68. The van der Waals surface area contributed by atoms with Crippen molar-refractivity contribution in [2.75, 3.05) is 0 Å². The summed E-state index contributed by atoms with van der Waals surface area (Å²) in [5, 5.41) is 4.92. The number of halogens is 2. The van der Waals surface area contributed by atoms with E-state index in [1.54, 1.807) is 0 Å². The molecule has 0 unspecified atom stereocenters. The summed E-state index contributed by atoms with van der Waals surface area (Å²) in [5.41, 5.74) is 6.47. The second kappa shape index (κ2) is 7.84. The lowest BCUT2D eigenvalue weighted by molar-refractivity contribution is 0.459. The van der Waals surface area contributed by atoms with Crippen LogP contribution in [0.1, 0.15) is 35.6 Å². The lowest BCUT2D eigenvalue weighted by Crippen LogP contribution is -2.24. The first-order chi connectivity index (χ1) is 12.7. The van der Waals surface area contributed by atoms with E-state index in [2.05, 4.69) is 53.8 Å². The number of rotatable bonds is 4. The first-order valence-electron chi connectivity index (χ1n) is 9.06. The normalized spacial score (nSPS) is 16.3. The van der Waals surface area contributed by atoms with Gasteiger partial charge in [0.05, 0.1) is 10.0 Å². The Morgan fingerprint density at radius 1 is 0.846 bits per heavy atom. The number of hydrogen-bond donors (Lipinski definition) is 1. The molecule has 3 aromatic carbocycles. The van der Waals surface area contributed by atoms with Crippen molar-refractivity contribution in [3.63, 3.8) is 0 Å². The molecule has 3 aromatic rings. The van der Waals surface area contributed by atoms with Crippen LogP contribution in [0.2, 0.25) is 10.0 Å². The van der Waals surface area contributed by atoms with E-state index in [0.29, 0.717) is 16.1 Å². The minimum absolute atomic E-state index is 0.439. The minimum Gasteiger partial charge on any atom is -0.306 e. The quantitative estimate of drug-likeness (QED) is 0.522. The predicted molar refractivity (Wildman–Crippen MR) is 111 cm³/mol. The fourth-order valence-corrected chi connectivity index (χ4v) is 4.04. The lowest BCUT2D eigenvalue weighted by atomic mass is 9.87. The Kier molecular flexibility index (Phi) is 5.31. The Hall–Kier alpha value is -1.80. The smallest absolute Gasteiger partial charge is 0.0598 e. The molecule has 1 nitrogen and oxygen atoms in total. The third kappa shape index (κ3) is 3.81. The molecule has 1 N–H and O–H groups in total. The summed E-state index contributed by atoms with van der Waals surface area (Å²) >= 11 is 12.2. The van der Waals surface area contributed by atoms with Crippen LogP contribution in [0.25, 0.3) is 11.1 Å². The Bertz CT molecular complexity index is 920. The molecular weight excluding hydrogens is 361 g/mol. The third-order valence-corrected chi connectivity index (χ3v) is 5.84. The molecule has 4 rings (SSSR count). The van der Waals surface area contributed by atoms with Gasteiger partial charge < -0.3 is 5.32 Å². The summed E-state index contributed by atoms with van der Waals surface area (Å²) in [5.74, 6) is 0. The SMILES string of the molecule is Clc1ccc(-c2cccc(CN[C@H]3CCCc4ccccc43)c2)cc1Cl. The highest BCUT2D eigenvalue weighted by Crippen LogP contribution is 2.31. The number of hydrogen-bond acceptors (Lipinski definition) is 1. The standard InChI is InChI=1S/C23H21Cl2N/c24-21-12-11-19(14-22(21)25)18-8-3-5-16(13-18)15-26-23-10-4-7-17-6-1-2-9-20(17)23/h1-3,5-6,8-9,11-14,23,26H,4,7,10,15H2/t23-/m0/s1. The Morgan fingerprint density at radius 2 is 1.69 bits per heavy atom. The summed E-state index contributed by atoms with van der Waals surface area (Å²) in [6, 6.07) is 23.6. The molecule has 0 spiro atoms. The highest BCUT2D eigenvalue weighted by atomic mass is 35.5. The number of aryl methyl sites for hydroxylation is 1. The summed E-state index contributed by atoms with van der Waals surface area (Å²) in [7, 11) is 0. The van der Waals surface area contributed by atoms with Crippen molar-refractivity contribution in [1.29, 1.82) is 0 Å². The van der Waals surface area contributed by atoms with Gasteiger partial charge in [0.2, 0.25) is 0 Å². The minimum atomic E-state index is 0.439. The monoisotopic (exact) mass is 381 g/mol. The molecule has 0 heterocycles. The fraction of sp³-hybridized carbons (Fsp3) is 0.217. The molecule has 26 heavy (non-hydrogen) atoms. The number of fused-ring (bicyclic) bond motifs is 1. The van der Waals surface area contributed by atoms with Gasteiger partial charge in [0.25, 0.3) is 0 Å². The van der Waals surface area contributed by atoms with E-state index >= 15 is 0 Å². The molecular formula is C23H21Cl2N. The van der Waals surface area contributed by atoms with Gasteiger partial charge in [0.1, 0.15) is 0 Å². The van der Waals surface area contributed by atoms with Crippen LogP contribution in [0.4, 0.5) is 0 Å². The van der Waals surface area contributed by atoms with E-state index in [-0.39, 0.29) is 0 Å². The molecule has 0 aromatic heterocycles. The maximum absolute atomic E-state index is 6.17. The lowest BCUT2D eigenvalue weighted by Gasteiger charge is -2.26. The van der Waals surface area contributed by atoms with E-state index in [9.17, 15) is 0 Å². The molecule has 0 amide bonds. The summed E-state index contributed by atoms with van der Waals surface area (Å²) in [6.45, 7) is 0.855. The van der Waals surface area contributed by atoms with E-state index in [4.69, 9.17) is 23.2 Å². The first-order valence-corrected chi connectivity index (χ1v) is 9.82. The van der Waals surface area contributed by atoms with Crippen LogP contribution >= 0.6 is 23.2 Å². The van der Waals surface area contributed by atoms with Crippen molar-refractivity contribution in [2.45, 2.75) is 31.8 Å². The first kappa shape index (κ1) is 17.6. The fourth-order valence-electron chi connectivity index (χ4n) is 3.74. The van der Waals surface area contributed by atoms with Gasteiger partial charge in [-0.3, -0.25) is 0 Å². The molecule has 0 saturated carbocycles. The second-order valence-corrected chi connectivity index (χ2v) is 7.67. The summed E-state index contributed by atoms with van der Waals surface area (Å²) in [4.78, 5) is 0. The predicted octanol–water partition coefficient (Wildman–Crippen LogP) is 6.83.